The van der Waals surface area contributed by atoms with Crippen LogP contribution in [0.15, 0.2) is 42.5 Å². The zero-order valence-electron chi connectivity index (χ0n) is 19.8. The molecule has 3 aromatic rings. The molecule has 0 radical (unpaired) electrons. The Balaban J connectivity index is 0.00000380. The molecule has 5 nitrogen and oxygen atoms in total. The third kappa shape index (κ3) is 6.82. The second kappa shape index (κ2) is 11.1. The van der Waals surface area contributed by atoms with Crippen LogP contribution in [0.5, 0.6) is 0 Å². The van der Waals surface area contributed by atoms with Crippen molar-refractivity contribution in [3.63, 3.8) is 0 Å². The van der Waals surface area contributed by atoms with Crippen molar-refractivity contribution < 1.29 is 26.3 Å². The highest BCUT2D eigenvalue weighted by molar-refractivity contribution is 5.90. The molecule has 2 aromatic carbocycles. The first-order valence-electron chi connectivity index (χ1n) is 11.6. The fourth-order valence-corrected chi connectivity index (χ4v) is 4.51. The summed E-state index contributed by atoms with van der Waals surface area (Å²) < 4.78 is 78.9. The van der Waals surface area contributed by atoms with Gasteiger partial charge in [0.15, 0.2) is 0 Å². The normalized spacial score (nSPS) is 18.4. The molecule has 0 saturated heterocycles. The molecule has 202 valence electrons. The summed E-state index contributed by atoms with van der Waals surface area (Å²) >= 11 is 0. The molecule has 0 unspecified atom stereocenters. The molecule has 37 heavy (non-hydrogen) atoms. The Morgan fingerprint density at radius 3 is 2.14 bits per heavy atom. The average Bonchev–Trinajstić information content (AvgIpc) is 2.81. The fraction of sp³-hybridized carbons (Fsp3) is 0.462. The monoisotopic (exact) mass is 527 g/mol. The number of halogens is 6. The summed E-state index contributed by atoms with van der Waals surface area (Å²) in [6.07, 6.45) is -6.79. The minimum Gasteiger partial charge on any atom is -0.362 e. The predicted octanol–water partition coefficient (Wildman–Crippen LogP) is 6.88. The number of rotatable bonds is 6. The minimum atomic E-state index is -4.87. The van der Waals surface area contributed by atoms with E-state index in [0.717, 1.165) is 35.6 Å². The fourth-order valence-electron chi connectivity index (χ4n) is 4.51. The van der Waals surface area contributed by atoms with Crippen molar-refractivity contribution in [1.29, 1.82) is 0 Å². The van der Waals surface area contributed by atoms with Crippen LogP contribution < -0.4 is 15.5 Å². The van der Waals surface area contributed by atoms with Crippen LogP contribution >= 0.6 is 0 Å². The number of nitrogens with one attached hydrogen (secondary N) is 2. The summed E-state index contributed by atoms with van der Waals surface area (Å²) in [5, 5.41) is 7.42. The van der Waals surface area contributed by atoms with Gasteiger partial charge in [-0.05, 0) is 55.5 Å². The van der Waals surface area contributed by atoms with E-state index in [0.29, 0.717) is 24.9 Å². The van der Waals surface area contributed by atoms with Crippen molar-refractivity contribution in [2.75, 3.05) is 24.3 Å². The van der Waals surface area contributed by atoms with Crippen LogP contribution in [-0.2, 0) is 18.9 Å². The van der Waals surface area contributed by atoms with Crippen LogP contribution in [0.4, 0.5) is 38.1 Å². The van der Waals surface area contributed by atoms with E-state index in [2.05, 4.69) is 20.6 Å². The number of para-hydroxylation sites is 1. The minimum absolute atomic E-state index is 0. The van der Waals surface area contributed by atoms with Gasteiger partial charge >= 0.3 is 12.4 Å². The molecule has 0 aliphatic heterocycles. The van der Waals surface area contributed by atoms with Crippen LogP contribution in [0.3, 0.4) is 0 Å². The van der Waals surface area contributed by atoms with Crippen molar-refractivity contribution in [2.45, 2.75) is 64.1 Å². The molecule has 1 saturated carbocycles. The van der Waals surface area contributed by atoms with Crippen molar-refractivity contribution in [1.82, 2.24) is 15.3 Å². The molecule has 1 aromatic heterocycles. The van der Waals surface area contributed by atoms with Crippen LogP contribution in [-0.4, -0.2) is 36.1 Å². The lowest BCUT2D eigenvalue weighted by atomic mass is 9.91. The van der Waals surface area contributed by atoms with Gasteiger partial charge in [0.25, 0.3) is 0 Å². The Bertz CT molecular complexity index is 1200. The lowest BCUT2D eigenvalue weighted by Gasteiger charge is -2.30. The van der Waals surface area contributed by atoms with Gasteiger partial charge in [0, 0.05) is 38.1 Å². The topological polar surface area (TPSA) is 53.1 Å². The molecule has 2 N–H and O–H groups in total. The second-order valence-corrected chi connectivity index (χ2v) is 9.22. The van der Waals surface area contributed by atoms with Crippen LogP contribution in [0, 0.1) is 0 Å². The summed E-state index contributed by atoms with van der Waals surface area (Å²) in [7, 11) is 3.83. The third-order valence-electron chi connectivity index (χ3n) is 6.39. The second-order valence-electron chi connectivity index (χ2n) is 9.22. The molecule has 1 fully saturated rings. The number of nitrogens with zero attached hydrogens (tertiary/aromatic N) is 3. The van der Waals surface area contributed by atoms with Gasteiger partial charge in [0.2, 0.25) is 5.95 Å². The van der Waals surface area contributed by atoms with E-state index < -0.39 is 23.5 Å². The van der Waals surface area contributed by atoms with E-state index in [1.807, 2.05) is 43.3 Å². The van der Waals surface area contributed by atoms with E-state index in [9.17, 15) is 26.3 Å². The molecular weight excluding hydrogens is 496 g/mol. The Hall–Kier alpha value is -3.08. The Morgan fingerprint density at radius 1 is 0.865 bits per heavy atom. The number of fused-ring (bicyclic) bond motifs is 1. The van der Waals surface area contributed by atoms with Gasteiger partial charge in [0.05, 0.1) is 16.6 Å². The summed E-state index contributed by atoms with van der Waals surface area (Å²) in [4.78, 5) is 11.2. The third-order valence-corrected chi connectivity index (χ3v) is 6.39. The summed E-state index contributed by atoms with van der Waals surface area (Å²) in [6.45, 7) is -0.157. The number of hydrogen-bond acceptors (Lipinski definition) is 5. The van der Waals surface area contributed by atoms with Crippen LogP contribution in [0.1, 0.15) is 49.8 Å². The summed E-state index contributed by atoms with van der Waals surface area (Å²) in [5.74, 6) is 1.32. The van der Waals surface area contributed by atoms with Gasteiger partial charge in [-0.3, -0.25) is 0 Å². The van der Waals surface area contributed by atoms with Crippen molar-refractivity contribution in [3.05, 3.63) is 59.2 Å². The van der Waals surface area contributed by atoms with Gasteiger partial charge in [0.1, 0.15) is 5.82 Å². The molecule has 0 amide bonds. The van der Waals surface area contributed by atoms with E-state index in [1.165, 1.54) is 0 Å². The van der Waals surface area contributed by atoms with Gasteiger partial charge < -0.3 is 15.5 Å². The maximum Gasteiger partial charge on any atom is 0.416 e. The first-order chi connectivity index (χ1) is 16.9. The highest BCUT2D eigenvalue weighted by Crippen LogP contribution is 2.37. The highest BCUT2D eigenvalue weighted by Gasteiger charge is 2.38. The molecule has 1 aliphatic rings. The summed E-state index contributed by atoms with van der Waals surface area (Å²) in [5.41, 5.74) is -1.94. The zero-order valence-corrected chi connectivity index (χ0v) is 19.8. The maximum absolute atomic E-state index is 13.4. The molecule has 0 atom stereocenters. The predicted molar refractivity (Wildman–Crippen MR) is 134 cm³/mol. The Labute approximate surface area is 212 Å². The first-order valence-corrected chi connectivity index (χ1v) is 11.6. The quantitative estimate of drug-likeness (QED) is 0.342. The Kier molecular flexibility index (Phi) is 8.56. The number of anilines is 2. The SMILES string of the molecule is C.CN(C)c1nc(NC2CCC(NCc3ccc(C(F)(F)F)cc3C(F)(F)F)CC2)nc2ccccc12. The Morgan fingerprint density at radius 2 is 1.51 bits per heavy atom. The van der Waals surface area contributed by atoms with E-state index in [4.69, 9.17) is 0 Å². The average molecular weight is 528 g/mol. The largest absolute Gasteiger partial charge is 0.416 e. The highest BCUT2D eigenvalue weighted by atomic mass is 19.4. The number of aromatic nitrogens is 2. The molecule has 1 heterocycles. The first kappa shape index (κ1) is 28.5. The van der Waals surface area contributed by atoms with Gasteiger partial charge in [-0.15, -0.1) is 0 Å². The van der Waals surface area contributed by atoms with Crippen molar-refractivity contribution in [3.8, 4) is 0 Å². The van der Waals surface area contributed by atoms with Crippen LogP contribution in [0.2, 0.25) is 0 Å². The molecule has 1 aliphatic carbocycles. The molecule has 0 spiro atoms. The number of benzene rings is 2. The van der Waals surface area contributed by atoms with Crippen LogP contribution in [0.25, 0.3) is 10.9 Å². The van der Waals surface area contributed by atoms with Crippen molar-refractivity contribution >= 4 is 22.7 Å². The lowest BCUT2D eigenvalue weighted by Crippen LogP contribution is -2.37. The van der Waals surface area contributed by atoms with Gasteiger partial charge in [-0.2, -0.15) is 31.3 Å². The molecule has 11 heteroatoms. The smallest absolute Gasteiger partial charge is 0.362 e. The van der Waals surface area contributed by atoms with Crippen molar-refractivity contribution in [2.24, 2.45) is 0 Å². The number of alkyl halides is 6. The van der Waals surface area contributed by atoms with Gasteiger partial charge in [-0.25, -0.2) is 4.98 Å². The zero-order chi connectivity index (χ0) is 26.1. The molecule has 0 bridgehead atoms. The standard InChI is InChI=1S/C25H27F6N5.CH4/c1-36(2)22-19-5-3-4-6-21(19)34-23(35-22)33-18-11-9-17(10-12-18)32-14-15-7-8-16(24(26,27)28)13-20(15)25(29,30)31;/h3-8,13,17-18,32H,9-12,14H2,1-2H3,(H,33,34,35);1H4. The van der Waals surface area contributed by atoms with E-state index in [-0.39, 0.29) is 37.7 Å². The lowest BCUT2D eigenvalue weighted by molar-refractivity contribution is -0.143. The molecule has 4 rings (SSSR count). The van der Waals surface area contributed by atoms with Gasteiger partial charge in [-0.1, -0.05) is 25.6 Å². The molecular formula is C26H31F6N5. The summed E-state index contributed by atoms with van der Waals surface area (Å²) in [6, 6.07) is 9.59. The number of hydrogen-bond donors (Lipinski definition) is 2. The van der Waals surface area contributed by atoms with E-state index >= 15 is 0 Å². The van der Waals surface area contributed by atoms with E-state index in [1.54, 1.807) is 0 Å². The maximum atomic E-state index is 13.4.